The minimum Gasteiger partial charge on any atom is -0.457 e. The minimum atomic E-state index is 0.252. The highest BCUT2D eigenvalue weighted by atomic mass is 32.1. The molecule has 0 atom stereocenters. The molecule has 4 heterocycles. The van der Waals surface area contributed by atoms with E-state index >= 15 is 0 Å². The van der Waals surface area contributed by atoms with Gasteiger partial charge in [0.2, 0.25) is 13.6 Å². The summed E-state index contributed by atoms with van der Waals surface area (Å²) in [7, 11) is 0. The molecule has 48 heavy (non-hydrogen) atoms. The topological polar surface area (TPSA) is 133 Å². The zero-order chi connectivity index (χ0) is 33.4. The van der Waals surface area contributed by atoms with Crippen molar-refractivity contribution in [3.8, 4) is 68.5 Å². The molecule has 0 unspecified atom stereocenters. The summed E-state index contributed by atoms with van der Waals surface area (Å²) in [5, 5.41) is 5.10. The van der Waals surface area contributed by atoms with Gasteiger partial charge >= 0.3 is 0 Å². The van der Waals surface area contributed by atoms with Gasteiger partial charge in [0.25, 0.3) is 0 Å². The second kappa shape index (κ2) is 13.0. The molecule has 0 radical (unpaired) electrons. The zero-order valence-corrected chi connectivity index (χ0v) is 28.3. The number of thiazole rings is 2. The molecule has 2 aromatic heterocycles. The molecule has 4 N–H and O–H groups in total. The van der Waals surface area contributed by atoms with Gasteiger partial charge < -0.3 is 39.9 Å². The van der Waals surface area contributed by atoms with Crippen molar-refractivity contribution in [2.75, 3.05) is 25.1 Å². The van der Waals surface area contributed by atoms with Gasteiger partial charge in [0.05, 0.1) is 11.4 Å². The number of hydrogen-bond donors (Lipinski definition) is 2. The Balaban J connectivity index is 0.000000152. The molecule has 6 aromatic rings. The largest absolute Gasteiger partial charge is 0.457 e. The van der Waals surface area contributed by atoms with Gasteiger partial charge in [-0.1, -0.05) is 0 Å². The van der Waals surface area contributed by atoms with E-state index in [1.165, 1.54) is 22.7 Å². The number of aromatic nitrogens is 2. The van der Waals surface area contributed by atoms with Gasteiger partial charge in [0, 0.05) is 34.0 Å². The molecule has 0 bridgehead atoms. The van der Waals surface area contributed by atoms with Crippen LogP contribution in [0.15, 0.2) is 71.4 Å². The number of fused-ring (bicyclic) bond motifs is 2. The Kier molecular flexibility index (Phi) is 8.42. The SMILES string of the molecule is Cc1cc(Oc2ccc3c(c2)OCO3)cc(C)c1-c1csc(N)n1.Cc1cc(Oc2ccc3c(c2)OCO3)cc(C)c1-c1csc(N)n1. The van der Waals surface area contributed by atoms with Crippen LogP contribution in [0.4, 0.5) is 10.3 Å². The van der Waals surface area contributed by atoms with E-state index in [1.807, 2.05) is 99.1 Å². The normalized spacial score (nSPS) is 12.4. The average molecular weight is 681 g/mol. The number of aryl methyl sites for hydroxylation is 4. The Morgan fingerprint density at radius 2 is 0.896 bits per heavy atom. The van der Waals surface area contributed by atoms with E-state index in [0.717, 1.165) is 67.8 Å². The van der Waals surface area contributed by atoms with Gasteiger partial charge in [-0.3, -0.25) is 0 Å². The molecule has 2 aliphatic rings. The lowest BCUT2D eigenvalue weighted by Gasteiger charge is -2.12. The number of anilines is 2. The Morgan fingerprint density at radius 1 is 0.521 bits per heavy atom. The molecule has 2 aliphatic heterocycles. The van der Waals surface area contributed by atoms with Gasteiger partial charge in [-0.05, 0) is 98.5 Å². The van der Waals surface area contributed by atoms with Crippen LogP contribution in [0.2, 0.25) is 0 Å². The van der Waals surface area contributed by atoms with Crippen molar-refractivity contribution in [3.63, 3.8) is 0 Å². The first kappa shape index (κ1) is 31.2. The van der Waals surface area contributed by atoms with Crippen molar-refractivity contribution < 1.29 is 28.4 Å². The molecular formula is C36H32N4O6S2. The summed E-state index contributed by atoms with van der Waals surface area (Å²) < 4.78 is 33.4. The first-order chi connectivity index (χ1) is 23.2. The van der Waals surface area contributed by atoms with Crippen molar-refractivity contribution in [1.29, 1.82) is 0 Å². The number of nitrogens with two attached hydrogens (primary N) is 2. The summed E-state index contributed by atoms with van der Waals surface area (Å²) in [6.45, 7) is 8.69. The van der Waals surface area contributed by atoms with Gasteiger partial charge in [-0.15, -0.1) is 22.7 Å². The molecule has 0 spiro atoms. The summed E-state index contributed by atoms with van der Waals surface area (Å²) in [5.74, 6) is 5.86. The van der Waals surface area contributed by atoms with Gasteiger partial charge in [-0.25, -0.2) is 9.97 Å². The first-order valence-corrected chi connectivity index (χ1v) is 16.8. The molecule has 12 heteroatoms. The van der Waals surface area contributed by atoms with Crippen LogP contribution in [0.5, 0.6) is 46.0 Å². The van der Waals surface area contributed by atoms with E-state index in [0.29, 0.717) is 33.3 Å². The fourth-order valence-corrected chi connectivity index (χ4v) is 6.84. The Morgan fingerprint density at radius 3 is 1.25 bits per heavy atom. The molecule has 244 valence electrons. The summed E-state index contributed by atoms with van der Waals surface area (Å²) in [4.78, 5) is 8.76. The Hall–Kier alpha value is -5.46. The monoisotopic (exact) mass is 680 g/mol. The second-order valence-corrected chi connectivity index (χ2v) is 13.0. The van der Waals surface area contributed by atoms with Crippen molar-refractivity contribution in [2.45, 2.75) is 27.7 Å². The fourth-order valence-electron chi connectivity index (χ4n) is 5.73. The predicted octanol–water partition coefficient (Wildman–Crippen LogP) is 9.06. The second-order valence-electron chi connectivity index (χ2n) is 11.2. The van der Waals surface area contributed by atoms with Gasteiger partial charge in [0.1, 0.15) is 23.0 Å². The fraction of sp³-hybridized carbons (Fsp3) is 0.167. The van der Waals surface area contributed by atoms with Crippen molar-refractivity contribution >= 4 is 32.9 Å². The van der Waals surface area contributed by atoms with Crippen molar-refractivity contribution in [3.05, 3.63) is 93.7 Å². The van der Waals surface area contributed by atoms with Crippen LogP contribution >= 0.6 is 22.7 Å². The molecule has 0 saturated carbocycles. The third-order valence-corrected chi connectivity index (χ3v) is 9.08. The number of hydrogen-bond acceptors (Lipinski definition) is 12. The molecular weight excluding hydrogens is 649 g/mol. The Labute approximate surface area is 285 Å². The standard InChI is InChI=1S/2C18H16N2O3S/c2*1-10-5-13(6-11(2)17(10)14-8-24-18(19)20-14)23-12-3-4-15-16(7-12)22-9-21-15/h2*3-8H,9H2,1-2H3,(H2,19,20). The number of benzene rings is 4. The van der Waals surface area contributed by atoms with Crippen LogP contribution in [0.1, 0.15) is 22.3 Å². The number of ether oxygens (including phenoxy) is 6. The van der Waals surface area contributed by atoms with Crippen LogP contribution in [0.3, 0.4) is 0 Å². The van der Waals surface area contributed by atoms with Gasteiger partial charge in [-0.2, -0.15) is 0 Å². The smallest absolute Gasteiger partial charge is 0.231 e. The molecule has 0 aliphatic carbocycles. The van der Waals surface area contributed by atoms with Crippen molar-refractivity contribution in [2.24, 2.45) is 0 Å². The molecule has 0 amide bonds. The lowest BCUT2D eigenvalue weighted by Crippen LogP contribution is -1.93. The average Bonchev–Trinajstić information content (AvgIpc) is 3.85. The van der Waals surface area contributed by atoms with E-state index in [2.05, 4.69) is 9.97 Å². The summed E-state index contributed by atoms with van der Waals surface area (Å²) in [5.41, 5.74) is 19.9. The molecule has 10 nitrogen and oxygen atoms in total. The quantitative estimate of drug-likeness (QED) is 0.175. The highest BCUT2D eigenvalue weighted by Gasteiger charge is 2.17. The van der Waals surface area contributed by atoms with Crippen LogP contribution in [0, 0.1) is 27.7 Å². The maximum atomic E-state index is 5.98. The third kappa shape index (κ3) is 6.53. The van der Waals surface area contributed by atoms with E-state index in [9.17, 15) is 0 Å². The summed E-state index contributed by atoms with van der Waals surface area (Å²) >= 11 is 2.89. The van der Waals surface area contributed by atoms with E-state index < -0.39 is 0 Å². The number of nitrogen functional groups attached to an aromatic ring is 2. The van der Waals surface area contributed by atoms with E-state index in [1.54, 1.807) is 0 Å². The summed E-state index contributed by atoms with van der Waals surface area (Å²) in [6.07, 6.45) is 0. The maximum absolute atomic E-state index is 5.98. The number of rotatable bonds is 6. The molecule has 4 aromatic carbocycles. The lowest BCUT2D eigenvalue weighted by molar-refractivity contribution is 0.173. The van der Waals surface area contributed by atoms with Crippen LogP contribution in [-0.4, -0.2) is 23.6 Å². The molecule has 8 rings (SSSR count). The Bertz CT molecular complexity index is 1950. The lowest BCUT2D eigenvalue weighted by atomic mass is 10.0. The minimum absolute atomic E-state index is 0.252. The van der Waals surface area contributed by atoms with E-state index in [4.69, 9.17) is 39.9 Å². The summed E-state index contributed by atoms with van der Waals surface area (Å²) in [6, 6.07) is 19.1. The van der Waals surface area contributed by atoms with Crippen molar-refractivity contribution in [1.82, 2.24) is 9.97 Å². The highest BCUT2D eigenvalue weighted by Crippen LogP contribution is 2.40. The zero-order valence-electron chi connectivity index (χ0n) is 26.7. The van der Waals surface area contributed by atoms with Crippen LogP contribution < -0.4 is 39.9 Å². The highest BCUT2D eigenvalue weighted by molar-refractivity contribution is 7.14. The first-order valence-electron chi connectivity index (χ1n) is 15.0. The molecule has 0 saturated heterocycles. The number of nitrogens with zero attached hydrogens (tertiary/aromatic N) is 2. The van der Waals surface area contributed by atoms with Crippen LogP contribution in [0.25, 0.3) is 22.5 Å². The molecule has 0 fully saturated rings. The van der Waals surface area contributed by atoms with E-state index in [-0.39, 0.29) is 13.6 Å². The third-order valence-electron chi connectivity index (χ3n) is 7.73. The van der Waals surface area contributed by atoms with Gasteiger partial charge in [0.15, 0.2) is 33.3 Å². The van der Waals surface area contributed by atoms with Crippen LogP contribution in [-0.2, 0) is 0 Å². The maximum Gasteiger partial charge on any atom is 0.231 e. The predicted molar refractivity (Wildman–Crippen MR) is 188 cm³/mol.